The highest BCUT2D eigenvalue weighted by atomic mass is 16.3. The first-order valence-electron chi connectivity index (χ1n) is 8.05. The molecule has 1 atom stereocenters. The monoisotopic (exact) mass is 314 g/mol. The van der Waals surface area contributed by atoms with E-state index < -0.39 is 0 Å². The van der Waals surface area contributed by atoms with Crippen LogP contribution >= 0.6 is 0 Å². The Hall–Kier alpha value is -2.34. The highest BCUT2D eigenvalue weighted by molar-refractivity contribution is 5.89. The van der Waals surface area contributed by atoms with Gasteiger partial charge in [0.15, 0.2) is 0 Å². The van der Waals surface area contributed by atoms with Gasteiger partial charge in [-0.15, -0.1) is 0 Å². The van der Waals surface area contributed by atoms with E-state index in [-0.39, 0.29) is 12.1 Å². The molecule has 2 aromatic heterocycles. The van der Waals surface area contributed by atoms with Crippen molar-refractivity contribution in [2.45, 2.75) is 25.3 Å². The van der Waals surface area contributed by atoms with Gasteiger partial charge in [-0.25, -0.2) is 4.79 Å². The van der Waals surface area contributed by atoms with Gasteiger partial charge in [0.2, 0.25) is 0 Å². The summed E-state index contributed by atoms with van der Waals surface area (Å²) in [5.74, 6) is 0.899. The molecular weight excluding hydrogens is 292 g/mol. The first-order chi connectivity index (χ1) is 11.3. The van der Waals surface area contributed by atoms with Gasteiger partial charge in [0.1, 0.15) is 5.76 Å². The van der Waals surface area contributed by atoms with Crippen molar-refractivity contribution in [3.63, 3.8) is 0 Å². The van der Waals surface area contributed by atoms with Crippen LogP contribution < -0.4 is 10.6 Å². The molecule has 0 bridgehead atoms. The summed E-state index contributed by atoms with van der Waals surface area (Å²) in [6, 6.07) is 7.24. The third-order valence-electron chi connectivity index (χ3n) is 4.10. The van der Waals surface area contributed by atoms with Gasteiger partial charge >= 0.3 is 6.03 Å². The predicted molar refractivity (Wildman–Crippen MR) is 88.1 cm³/mol. The third kappa shape index (κ3) is 4.32. The van der Waals surface area contributed by atoms with Gasteiger partial charge in [-0.2, -0.15) is 0 Å². The Morgan fingerprint density at radius 2 is 2.00 bits per heavy atom. The number of urea groups is 1. The zero-order valence-corrected chi connectivity index (χ0v) is 13.1. The molecule has 2 N–H and O–H groups in total. The Morgan fingerprint density at radius 1 is 1.22 bits per heavy atom. The number of carbonyl (C=O) groups excluding carboxylic acids is 1. The Morgan fingerprint density at radius 3 is 2.70 bits per heavy atom. The van der Waals surface area contributed by atoms with Gasteiger partial charge in [0, 0.05) is 24.6 Å². The molecule has 0 aromatic carbocycles. The quantitative estimate of drug-likeness (QED) is 0.890. The minimum absolute atomic E-state index is 0.0773. The zero-order chi connectivity index (χ0) is 15.9. The Bertz CT molecular complexity index is 594. The Balaban J connectivity index is 1.59. The largest absolute Gasteiger partial charge is 0.468 e. The molecule has 0 unspecified atom stereocenters. The molecule has 1 aliphatic heterocycles. The molecule has 6 heteroatoms. The summed E-state index contributed by atoms with van der Waals surface area (Å²) in [6.07, 6.45) is 8.64. The van der Waals surface area contributed by atoms with Crippen molar-refractivity contribution in [3.05, 3.63) is 48.7 Å². The number of hydrogen-bond acceptors (Lipinski definition) is 4. The van der Waals surface area contributed by atoms with Crippen LogP contribution in [0.1, 0.15) is 31.1 Å². The fourth-order valence-corrected chi connectivity index (χ4v) is 2.92. The standard InChI is InChI=1S/C17H22N4O2/c22-17(20-14-6-8-18-9-7-14)19-13-15(16-5-4-12-23-16)21-10-2-1-3-11-21/h4-9,12,15H,1-3,10-11,13H2,(H2,18,19,20,22)/t15-/m0/s1. The maximum atomic E-state index is 12.1. The fourth-order valence-electron chi connectivity index (χ4n) is 2.92. The molecule has 23 heavy (non-hydrogen) atoms. The lowest BCUT2D eigenvalue weighted by Gasteiger charge is -2.33. The van der Waals surface area contributed by atoms with Gasteiger partial charge in [-0.1, -0.05) is 6.42 Å². The molecule has 0 aliphatic carbocycles. The number of amides is 2. The van der Waals surface area contributed by atoms with Crippen LogP contribution in [0.3, 0.4) is 0 Å². The van der Waals surface area contributed by atoms with E-state index in [0.717, 1.165) is 24.5 Å². The number of nitrogens with one attached hydrogen (secondary N) is 2. The van der Waals surface area contributed by atoms with Crippen LogP contribution in [0.2, 0.25) is 0 Å². The molecule has 3 heterocycles. The molecule has 6 nitrogen and oxygen atoms in total. The second-order valence-electron chi connectivity index (χ2n) is 5.70. The van der Waals surface area contributed by atoms with Crippen molar-refractivity contribution < 1.29 is 9.21 Å². The van der Waals surface area contributed by atoms with Gasteiger partial charge in [-0.05, 0) is 50.2 Å². The van der Waals surface area contributed by atoms with Crippen molar-refractivity contribution in [2.24, 2.45) is 0 Å². The number of anilines is 1. The van der Waals surface area contributed by atoms with Crippen molar-refractivity contribution in [1.82, 2.24) is 15.2 Å². The van der Waals surface area contributed by atoms with E-state index in [4.69, 9.17) is 4.42 Å². The van der Waals surface area contributed by atoms with E-state index in [1.807, 2.05) is 12.1 Å². The van der Waals surface area contributed by atoms with E-state index in [1.165, 1.54) is 19.3 Å². The average Bonchev–Trinajstić information content (AvgIpc) is 3.11. The predicted octanol–water partition coefficient (Wildman–Crippen LogP) is 3.02. The molecule has 1 saturated heterocycles. The first-order valence-corrected chi connectivity index (χ1v) is 8.05. The molecule has 0 radical (unpaired) electrons. The lowest BCUT2D eigenvalue weighted by Crippen LogP contribution is -2.41. The minimum Gasteiger partial charge on any atom is -0.468 e. The maximum Gasteiger partial charge on any atom is 0.319 e. The zero-order valence-electron chi connectivity index (χ0n) is 13.1. The summed E-state index contributed by atoms with van der Waals surface area (Å²) >= 11 is 0. The van der Waals surface area contributed by atoms with E-state index in [0.29, 0.717) is 6.54 Å². The van der Waals surface area contributed by atoms with Crippen LogP contribution in [-0.2, 0) is 0 Å². The summed E-state index contributed by atoms with van der Waals surface area (Å²) in [5.41, 5.74) is 0.727. The molecule has 2 amide bonds. The van der Waals surface area contributed by atoms with Crippen molar-refractivity contribution in [2.75, 3.05) is 25.0 Å². The number of piperidine rings is 1. The molecule has 1 aliphatic rings. The maximum absolute atomic E-state index is 12.1. The van der Waals surface area contributed by atoms with Crippen LogP contribution in [-0.4, -0.2) is 35.5 Å². The summed E-state index contributed by atoms with van der Waals surface area (Å²) in [7, 11) is 0. The second kappa shape index (κ2) is 7.78. The van der Waals surface area contributed by atoms with Crippen LogP contribution in [0, 0.1) is 0 Å². The summed E-state index contributed by atoms with van der Waals surface area (Å²) in [5, 5.41) is 5.75. The summed E-state index contributed by atoms with van der Waals surface area (Å²) in [6.45, 7) is 2.60. The summed E-state index contributed by atoms with van der Waals surface area (Å²) < 4.78 is 5.58. The van der Waals surface area contributed by atoms with Crippen molar-refractivity contribution in [1.29, 1.82) is 0 Å². The third-order valence-corrected chi connectivity index (χ3v) is 4.10. The normalized spacial score (nSPS) is 16.7. The highest BCUT2D eigenvalue weighted by Crippen LogP contribution is 2.24. The lowest BCUT2D eigenvalue weighted by atomic mass is 10.1. The van der Waals surface area contributed by atoms with Gasteiger partial charge in [0.05, 0.1) is 12.3 Å². The molecule has 3 rings (SSSR count). The molecular formula is C17H22N4O2. The van der Waals surface area contributed by atoms with Gasteiger partial charge in [-0.3, -0.25) is 9.88 Å². The van der Waals surface area contributed by atoms with Crippen LogP contribution in [0.15, 0.2) is 47.3 Å². The number of rotatable bonds is 5. The Kier molecular flexibility index (Phi) is 5.26. The van der Waals surface area contributed by atoms with Gasteiger partial charge < -0.3 is 15.1 Å². The number of likely N-dealkylation sites (tertiary alicyclic amines) is 1. The molecule has 122 valence electrons. The average molecular weight is 314 g/mol. The molecule has 0 saturated carbocycles. The molecule has 2 aromatic rings. The van der Waals surface area contributed by atoms with Crippen LogP contribution in [0.4, 0.5) is 10.5 Å². The second-order valence-corrected chi connectivity index (χ2v) is 5.70. The number of aromatic nitrogens is 1. The van der Waals surface area contributed by atoms with E-state index in [2.05, 4.69) is 20.5 Å². The molecule has 0 spiro atoms. The number of furan rings is 1. The minimum atomic E-state index is -0.218. The highest BCUT2D eigenvalue weighted by Gasteiger charge is 2.24. The van der Waals surface area contributed by atoms with E-state index in [9.17, 15) is 4.79 Å². The van der Waals surface area contributed by atoms with Crippen LogP contribution in [0.25, 0.3) is 0 Å². The lowest BCUT2D eigenvalue weighted by molar-refractivity contribution is 0.144. The smallest absolute Gasteiger partial charge is 0.319 e. The Labute approximate surface area is 135 Å². The number of carbonyl (C=O) groups is 1. The molecule has 1 fully saturated rings. The van der Waals surface area contributed by atoms with E-state index in [1.54, 1.807) is 30.8 Å². The van der Waals surface area contributed by atoms with Crippen molar-refractivity contribution >= 4 is 11.7 Å². The fraction of sp³-hybridized carbons (Fsp3) is 0.412. The SMILES string of the molecule is O=C(NC[C@@H](c1ccco1)N1CCCCC1)Nc1ccncc1. The van der Waals surface area contributed by atoms with E-state index >= 15 is 0 Å². The summed E-state index contributed by atoms with van der Waals surface area (Å²) in [4.78, 5) is 18.4. The first kappa shape index (κ1) is 15.6. The number of pyridine rings is 1. The number of nitrogens with zero attached hydrogens (tertiary/aromatic N) is 2. The van der Waals surface area contributed by atoms with Crippen molar-refractivity contribution in [3.8, 4) is 0 Å². The number of hydrogen-bond donors (Lipinski definition) is 2. The topological polar surface area (TPSA) is 70.4 Å². The van der Waals surface area contributed by atoms with Gasteiger partial charge in [0.25, 0.3) is 0 Å². The van der Waals surface area contributed by atoms with Crippen LogP contribution in [0.5, 0.6) is 0 Å².